The molecule has 1 heterocycles. The molecule has 0 fully saturated rings. The largest absolute Gasteiger partial charge is 0.298 e. The van der Waals surface area contributed by atoms with Gasteiger partial charge in [-0.05, 0) is 24.3 Å². The van der Waals surface area contributed by atoms with E-state index in [0.717, 1.165) is 22.3 Å². The lowest BCUT2D eigenvalue weighted by atomic mass is 10.2. The lowest BCUT2D eigenvalue weighted by Crippen LogP contribution is -2.13. The van der Waals surface area contributed by atoms with Crippen LogP contribution in [0, 0.1) is 11.6 Å². The number of carbonyl (C=O) groups excluding carboxylic acids is 1. The van der Waals surface area contributed by atoms with Crippen LogP contribution in [0.25, 0.3) is 10.2 Å². The van der Waals surface area contributed by atoms with Crippen LogP contribution in [0.3, 0.4) is 0 Å². The van der Waals surface area contributed by atoms with Crippen LogP contribution in [0.1, 0.15) is 10.4 Å². The van der Waals surface area contributed by atoms with Crippen LogP contribution < -0.4 is 5.32 Å². The number of nitrogens with zero attached hydrogens (tertiary/aromatic N) is 1. The molecule has 3 nitrogen and oxygen atoms in total. The third kappa shape index (κ3) is 2.37. The highest BCUT2D eigenvalue weighted by Gasteiger charge is 2.14. The van der Waals surface area contributed by atoms with Crippen molar-refractivity contribution in [1.29, 1.82) is 0 Å². The van der Waals surface area contributed by atoms with E-state index in [1.165, 1.54) is 11.3 Å². The molecule has 0 aliphatic rings. The number of carbonyl (C=O) groups is 1. The fourth-order valence-corrected chi connectivity index (χ4v) is 2.62. The minimum atomic E-state index is -0.899. The third-order valence-electron chi connectivity index (χ3n) is 2.69. The molecule has 100 valence electrons. The normalized spacial score (nSPS) is 10.7. The highest BCUT2D eigenvalue weighted by atomic mass is 32.1. The Morgan fingerprint density at radius 3 is 2.70 bits per heavy atom. The number of para-hydroxylation sites is 1. The molecule has 3 aromatic rings. The average Bonchev–Trinajstić information content (AvgIpc) is 2.80. The number of nitrogens with one attached hydrogen (secondary N) is 1. The van der Waals surface area contributed by atoms with E-state index in [1.54, 1.807) is 0 Å². The second-order valence-electron chi connectivity index (χ2n) is 4.07. The van der Waals surface area contributed by atoms with Crippen molar-refractivity contribution in [3.8, 4) is 0 Å². The molecule has 0 saturated carbocycles. The Labute approximate surface area is 116 Å². The maximum Gasteiger partial charge on any atom is 0.260 e. The predicted molar refractivity (Wildman–Crippen MR) is 73.9 cm³/mol. The number of hydrogen-bond donors (Lipinski definition) is 1. The van der Waals surface area contributed by atoms with Crippen LogP contribution in [0.15, 0.2) is 42.5 Å². The summed E-state index contributed by atoms with van der Waals surface area (Å²) < 4.78 is 27.2. The number of amides is 1. The minimum absolute atomic E-state index is 0.217. The molecule has 1 amide bonds. The molecule has 0 spiro atoms. The van der Waals surface area contributed by atoms with Crippen molar-refractivity contribution < 1.29 is 13.6 Å². The molecular weight excluding hydrogens is 282 g/mol. The molecule has 0 saturated heterocycles. The molecule has 0 aliphatic carbocycles. The van der Waals surface area contributed by atoms with E-state index < -0.39 is 17.5 Å². The van der Waals surface area contributed by atoms with Gasteiger partial charge in [0.1, 0.15) is 11.6 Å². The van der Waals surface area contributed by atoms with Gasteiger partial charge in [-0.2, -0.15) is 0 Å². The maximum absolute atomic E-state index is 13.5. The number of thiazole rings is 1. The van der Waals surface area contributed by atoms with Gasteiger partial charge < -0.3 is 0 Å². The fourth-order valence-electron chi connectivity index (χ4n) is 1.76. The molecule has 0 unspecified atom stereocenters. The van der Waals surface area contributed by atoms with Gasteiger partial charge in [0.15, 0.2) is 5.13 Å². The van der Waals surface area contributed by atoms with Crippen molar-refractivity contribution >= 4 is 32.6 Å². The average molecular weight is 290 g/mol. The van der Waals surface area contributed by atoms with E-state index in [2.05, 4.69) is 10.3 Å². The second-order valence-corrected chi connectivity index (χ2v) is 5.10. The van der Waals surface area contributed by atoms with Gasteiger partial charge in [-0.15, -0.1) is 0 Å². The molecule has 3 rings (SSSR count). The lowest BCUT2D eigenvalue weighted by molar-refractivity contribution is 0.102. The molecule has 0 atom stereocenters. The highest BCUT2D eigenvalue weighted by molar-refractivity contribution is 7.22. The van der Waals surface area contributed by atoms with Crippen molar-refractivity contribution in [2.45, 2.75) is 0 Å². The number of fused-ring (bicyclic) bond motifs is 1. The lowest BCUT2D eigenvalue weighted by Gasteiger charge is -2.02. The zero-order valence-electron chi connectivity index (χ0n) is 10.1. The molecule has 1 N–H and O–H groups in total. The fraction of sp³-hybridized carbons (Fsp3) is 0. The maximum atomic E-state index is 13.5. The Hall–Kier alpha value is -2.34. The standard InChI is InChI=1S/C14H8F2N2OS/c15-8-5-6-9(10(16)7-8)13(19)18-14-17-11-3-1-2-4-12(11)20-14/h1-7H,(H,17,18,19). The van der Waals surface area contributed by atoms with Gasteiger partial charge in [0.25, 0.3) is 5.91 Å². The van der Waals surface area contributed by atoms with Crippen molar-refractivity contribution in [3.63, 3.8) is 0 Å². The van der Waals surface area contributed by atoms with Gasteiger partial charge >= 0.3 is 0 Å². The summed E-state index contributed by atoms with van der Waals surface area (Å²) in [7, 11) is 0. The summed E-state index contributed by atoms with van der Waals surface area (Å²) in [5.74, 6) is -2.27. The first kappa shape index (κ1) is 12.7. The topological polar surface area (TPSA) is 42.0 Å². The summed E-state index contributed by atoms with van der Waals surface area (Å²) in [5.41, 5.74) is 0.540. The number of anilines is 1. The van der Waals surface area contributed by atoms with Crippen LogP contribution in [-0.4, -0.2) is 10.9 Å². The first-order valence-corrected chi connectivity index (χ1v) is 6.57. The van der Waals surface area contributed by atoms with E-state index in [9.17, 15) is 13.6 Å². The Balaban J connectivity index is 1.88. The SMILES string of the molecule is O=C(Nc1nc2ccccc2s1)c1ccc(F)cc1F. The minimum Gasteiger partial charge on any atom is -0.298 e. The third-order valence-corrected chi connectivity index (χ3v) is 3.64. The smallest absolute Gasteiger partial charge is 0.260 e. The van der Waals surface area contributed by atoms with Gasteiger partial charge in [0.05, 0.1) is 15.8 Å². The highest BCUT2D eigenvalue weighted by Crippen LogP contribution is 2.26. The van der Waals surface area contributed by atoms with E-state index >= 15 is 0 Å². The van der Waals surface area contributed by atoms with E-state index in [0.29, 0.717) is 11.2 Å². The zero-order chi connectivity index (χ0) is 14.1. The predicted octanol–water partition coefficient (Wildman–Crippen LogP) is 3.83. The summed E-state index contributed by atoms with van der Waals surface area (Å²) in [6, 6.07) is 10.2. The van der Waals surface area contributed by atoms with Gasteiger partial charge in [-0.1, -0.05) is 23.5 Å². The molecule has 0 aliphatic heterocycles. The second kappa shape index (κ2) is 4.97. The number of rotatable bonds is 2. The van der Waals surface area contributed by atoms with Crippen LogP contribution in [0.2, 0.25) is 0 Å². The molecule has 20 heavy (non-hydrogen) atoms. The number of benzene rings is 2. The van der Waals surface area contributed by atoms with Crippen LogP contribution in [0.5, 0.6) is 0 Å². The van der Waals surface area contributed by atoms with E-state index in [-0.39, 0.29) is 5.56 Å². The Morgan fingerprint density at radius 2 is 1.95 bits per heavy atom. The quantitative estimate of drug-likeness (QED) is 0.779. The van der Waals surface area contributed by atoms with Crippen LogP contribution >= 0.6 is 11.3 Å². The molecule has 2 aromatic carbocycles. The Kier molecular flexibility index (Phi) is 3.15. The molecule has 0 bridgehead atoms. The summed E-state index contributed by atoms with van der Waals surface area (Å²) in [6.07, 6.45) is 0. The number of halogens is 2. The first-order valence-electron chi connectivity index (χ1n) is 5.75. The van der Waals surface area contributed by atoms with Crippen molar-refractivity contribution in [1.82, 2.24) is 4.98 Å². The van der Waals surface area contributed by atoms with Crippen molar-refractivity contribution in [2.24, 2.45) is 0 Å². The van der Waals surface area contributed by atoms with Gasteiger partial charge in [0, 0.05) is 6.07 Å². The van der Waals surface area contributed by atoms with Gasteiger partial charge in [-0.25, -0.2) is 13.8 Å². The summed E-state index contributed by atoms with van der Waals surface area (Å²) in [4.78, 5) is 16.1. The summed E-state index contributed by atoms with van der Waals surface area (Å²) in [5, 5.41) is 2.89. The molecular formula is C14H8F2N2OS. The first-order chi connectivity index (χ1) is 9.63. The molecule has 1 aromatic heterocycles. The number of aromatic nitrogens is 1. The monoisotopic (exact) mass is 290 g/mol. The zero-order valence-corrected chi connectivity index (χ0v) is 10.9. The van der Waals surface area contributed by atoms with Crippen LogP contribution in [-0.2, 0) is 0 Å². The molecule has 0 radical (unpaired) electrons. The van der Waals surface area contributed by atoms with Gasteiger partial charge in [0.2, 0.25) is 0 Å². The summed E-state index contributed by atoms with van der Waals surface area (Å²) in [6.45, 7) is 0. The summed E-state index contributed by atoms with van der Waals surface area (Å²) >= 11 is 1.29. The van der Waals surface area contributed by atoms with Crippen molar-refractivity contribution in [3.05, 3.63) is 59.7 Å². The Morgan fingerprint density at radius 1 is 1.15 bits per heavy atom. The van der Waals surface area contributed by atoms with E-state index in [4.69, 9.17) is 0 Å². The van der Waals surface area contributed by atoms with E-state index in [1.807, 2.05) is 24.3 Å². The van der Waals surface area contributed by atoms with Crippen molar-refractivity contribution in [2.75, 3.05) is 5.32 Å². The number of hydrogen-bond acceptors (Lipinski definition) is 3. The Bertz CT molecular complexity index is 768. The molecule has 6 heteroatoms. The van der Waals surface area contributed by atoms with Gasteiger partial charge in [-0.3, -0.25) is 10.1 Å². The van der Waals surface area contributed by atoms with Crippen LogP contribution in [0.4, 0.5) is 13.9 Å².